The first-order valence-corrected chi connectivity index (χ1v) is 11.1. The van der Waals surface area contributed by atoms with E-state index in [-0.39, 0.29) is 0 Å². The molecule has 0 unspecified atom stereocenters. The Labute approximate surface area is 181 Å². The first-order valence-electron chi connectivity index (χ1n) is 9.46. The first-order chi connectivity index (χ1) is 14.2. The van der Waals surface area contributed by atoms with Crippen molar-refractivity contribution in [3.05, 3.63) is 69.1 Å². The van der Waals surface area contributed by atoms with E-state index >= 15 is 0 Å². The minimum Gasteiger partial charge on any atom is -0.349 e. The summed E-state index contributed by atoms with van der Waals surface area (Å²) in [5.74, 6) is 2.66. The highest BCUT2D eigenvalue weighted by atomic mass is 79.9. The van der Waals surface area contributed by atoms with Crippen LogP contribution in [0.5, 0.6) is 0 Å². The standard InChI is InChI=1S/C21H19BrN6S/c22-17-11-24-21(26-20(17)25-19-9-18(27-28-19)14-6-7-14)23-10-16-8-15(12-29-16)13-4-2-1-3-5-13/h1-5,8-9,11-12,14H,6-7,10H2,(H3,23,24,25,26,27,28). The zero-order valence-corrected chi connectivity index (χ0v) is 17.9. The number of nitrogens with one attached hydrogen (secondary N) is 3. The molecule has 3 N–H and O–H groups in total. The molecule has 1 aliphatic rings. The van der Waals surface area contributed by atoms with Crippen LogP contribution in [0, 0.1) is 0 Å². The summed E-state index contributed by atoms with van der Waals surface area (Å²) in [6.45, 7) is 0.673. The third kappa shape index (κ3) is 4.33. The maximum absolute atomic E-state index is 4.59. The molecule has 8 heteroatoms. The van der Waals surface area contributed by atoms with Crippen LogP contribution in [0.4, 0.5) is 17.6 Å². The molecule has 1 saturated carbocycles. The van der Waals surface area contributed by atoms with Crippen molar-refractivity contribution in [3.8, 4) is 11.1 Å². The molecule has 0 atom stereocenters. The average molecular weight is 467 g/mol. The van der Waals surface area contributed by atoms with Crippen LogP contribution in [-0.4, -0.2) is 20.2 Å². The van der Waals surface area contributed by atoms with E-state index in [2.05, 4.69) is 88.5 Å². The van der Waals surface area contributed by atoms with Crippen molar-refractivity contribution in [2.24, 2.45) is 0 Å². The number of hydrogen-bond donors (Lipinski definition) is 3. The number of thiophene rings is 1. The van der Waals surface area contributed by atoms with Gasteiger partial charge in [0.25, 0.3) is 0 Å². The second kappa shape index (κ2) is 7.96. The summed E-state index contributed by atoms with van der Waals surface area (Å²) in [5.41, 5.74) is 3.64. The number of rotatable bonds is 7. The maximum atomic E-state index is 4.59. The summed E-state index contributed by atoms with van der Waals surface area (Å²) < 4.78 is 0.793. The van der Waals surface area contributed by atoms with E-state index in [1.54, 1.807) is 17.5 Å². The predicted molar refractivity (Wildman–Crippen MR) is 121 cm³/mol. The molecule has 3 aromatic heterocycles. The Bertz CT molecular complexity index is 1120. The third-order valence-corrected chi connectivity index (χ3v) is 6.30. The Morgan fingerprint density at radius 2 is 2.00 bits per heavy atom. The fraction of sp³-hybridized carbons (Fsp3) is 0.190. The fourth-order valence-electron chi connectivity index (χ4n) is 3.09. The van der Waals surface area contributed by atoms with Crippen molar-refractivity contribution < 1.29 is 0 Å². The molecule has 29 heavy (non-hydrogen) atoms. The van der Waals surface area contributed by atoms with Crippen LogP contribution in [-0.2, 0) is 6.54 Å². The zero-order valence-electron chi connectivity index (χ0n) is 15.5. The quantitative estimate of drug-likeness (QED) is 0.314. The molecule has 1 aliphatic carbocycles. The highest BCUT2D eigenvalue weighted by Crippen LogP contribution is 2.39. The summed E-state index contributed by atoms with van der Waals surface area (Å²) >= 11 is 5.24. The molecule has 0 saturated heterocycles. The van der Waals surface area contributed by atoms with Crippen LogP contribution in [0.2, 0.25) is 0 Å². The molecule has 4 aromatic rings. The van der Waals surface area contributed by atoms with E-state index in [0.717, 1.165) is 10.3 Å². The number of H-pyrrole nitrogens is 1. The lowest BCUT2D eigenvalue weighted by molar-refractivity contribution is 0.966. The second-order valence-corrected chi connectivity index (χ2v) is 8.87. The number of hydrogen-bond acceptors (Lipinski definition) is 6. The molecular weight excluding hydrogens is 448 g/mol. The van der Waals surface area contributed by atoms with E-state index in [1.165, 1.54) is 34.5 Å². The van der Waals surface area contributed by atoms with Crippen molar-refractivity contribution in [2.45, 2.75) is 25.3 Å². The first kappa shape index (κ1) is 18.3. The molecular formula is C21H19BrN6S. The Balaban J connectivity index is 1.25. The molecule has 0 bridgehead atoms. The minimum absolute atomic E-state index is 0.573. The van der Waals surface area contributed by atoms with Gasteiger partial charge in [0, 0.05) is 28.8 Å². The molecule has 6 nitrogen and oxygen atoms in total. The molecule has 1 aromatic carbocycles. The molecule has 0 amide bonds. The normalized spacial score (nSPS) is 13.4. The highest BCUT2D eigenvalue weighted by Gasteiger charge is 2.25. The van der Waals surface area contributed by atoms with Gasteiger partial charge in [0.15, 0.2) is 11.6 Å². The number of anilines is 3. The number of aromatic nitrogens is 4. The van der Waals surface area contributed by atoms with Crippen LogP contribution in [0.15, 0.2) is 58.5 Å². The fourth-order valence-corrected chi connectivity index (χ4v) is 4.21. The SMILES string of the molecule is Brc1cnc(NCc2cc(-c3ccccc3)cs2)nc1Nc1cc(C2CC2)[nH]n1. The highest BCUT2D eigenvalue weighted by molar-refractivity contribution is 9.10. The summed E-state index contributed by atoms with van der Waals surface area (Å²) in [4.78, 5) is 10.2. The van der Waals surface area contributed by atoms with Gasteiger partial charge in [-0.15, -0.1) is 11.3 Å². The van der Waals surface area contributed by atoms with Crippen LogP contribution in [0.25, 0.3) is 11.1 Å². The van der Waals surface area contributed by atoms with Gasteiger partial charge < -0.3 is 10.6 Å². The van der Waals surface area contributed by atoms with Gasteiger partial charge in [0.1, 0.15) is 0 Å². The smallest absolute Gasteiger partial charge is 0.224 e. The van der Waals surface area contributed by atoms with Gasteiger partial charge >= 0.3 is 0 Å². The molecule has 5 rings (SSSR count). The van der Waals surface area contributed by atoms with Crippen molar-refractivity contribution in [3.63, 3.8) is 0 Å². The van der Waals surface area contributed by atoms with E-state index in [0.29, 0.717) is 24.2 Å². The van der Waals surface area contributed by atoms with Crippen molar-refractivity contribution >= 4 is 44.9 Å². The van der Waals surface area contributed by atoms with E-state index < -0.39 is 0 Å². The molecule has 0 spiro atoms. The molecule has 1 fully saturated rings. The van der Waals surface area contributed by atoms with Gasteiger partial charge in [0.2, 0.25) is 5.95 Å². The minimum atomic E-state index is 0.573. The van der Waals surface area contributed by atoms with Gasteiger partial charge in [-0.05, 0) is 51.3 Å². The van der Waals surface area contributed by atoms with Gasteiger partial charge in [-0.25, -0.2) is 4.98 Å². The Kier molecular flexibility index (Phi) is 5.03. The lowest BCUT2D eigenvalue weighted by Crippen LogP contribution is -2.05. The van der Waals surface area contributed by atoms with Crippen molar-refractivity contribution in [2.75, 3.05) is 10.6 Å². The third-order valence-electron chi connectivity index (χ3n) is 4.79. The second-order valence-electron chi connectivity index (χ2n) is 7.02. The van der Waals surface area contributed by atoms with E-state index in [4.69, 9.17) is 0 Å². The van der Waals surface area contributed by atoms with Crippen LogP contribution >= 0.6 is 27.3 Å². The Morgan fingerprint density at radius 3 is 2.83 bits per heavy atom. The van der Waals surface area contributed by atoms with E-state index in [9.17, 15) is 0 Å². The topological polar surface area (TPSA) is 78.5 Å². The van der Waals surface area contributed by atoms with Gasteiger partial charge in [-0.3, -0.25) is 5.10 Å². The number of benzene rings is 1. The Hall–Kier alpha value is -2.71. The molecule has 3 heterocycles. The summed E-state index contributed by atoms with van der Waals surface area (Å²) in [6, 6.07) is 14.6. The average Bonchev–Trinajstić information content (AvgIpc) is 3.31. The molecule has 0 aliphatic heterocycles. The molecule has 0 radical (unpaired) electrons. The van der Waals surface area contributed by atoms with Crippen molar-refractivity contribution in [1.82, 2.24) is 20.2 Å². The Morgan fingerprint density at radius 1 is 1.14 bits per heavy atom. The zero-order chi connectivity index (χ0) is 19.6. The largest absolute Gasteiger partial charge is 0.349 e. The summed E-state index contributed by atoms with van der Waals surface area (Å²) in [7, 11) is 0. The number of halogens is 1. The van der Waals surface area contributed by atoms with Gasteiger partial charge in [0.05, 0.1) is 11.0 Å². The van der Waals surface area contributed by atoms with Crippen molar-refractivity contribution in [1.29, 1.82) is 0 Å². The number of aromatic amines is 1. The lowest BCUT2D eigenvalue weighted by Gasteiger charge is -2.08. The van der Waals surface area contributed by atoms with Crippen LogP contribution in [0.3, 0.4) is 0 Å². The summed E-state index contributed by atoms with van der Waals surface area (Å²) in [5, 5.41) is 16.2. The number of nitrogens with zero attached hydrogens (tertiary/aromatic N) is 3. The van der Waals surface area contributed by atoms with E-state index in [1.807, 2.05) is 6.07 Å². The predicted octanol–water partition coefficient (Wildman–Crippen LogP) is 5.92. The molecule has 146 valence electrons. The van der Waals surface area contributed by atoms with Crippen LogP contribution in [0.1, 0.15) is 29.3 Å². The monoisotopic (exact) mass is 466 g/mol. The van der Waals surface area contributed by atoms with Crippen LogP contribution < -0.4 is 10.6 Å². The van der Waals surface area contributed by atoms with Gasteiger partial charge in [-0.1, -0.05) is 30.3 Å². The van der Waals surface area contributed by atoms with Gasteiger partial charge in [-0.2, -0.15) is 10.1 Å². The summed E-state index contributed by atoms with van der Waals surface area (Å²) in [6.07, 6.45) is 4.22. The lowest BCUT2D eigenvalue weighted by atomic mass is 10.1. The maximum Gasteiger partial charge on any atom is 0.224 e.